The molecule has 0 aliphatic carbocycles. The van der Waals surface area contributed by atoms with E-state index in [0.717, 1.165) is 11.1 Å². The zero-order chi connectivity index (χ0) is 18.7. The maximum absolute atomic E-state index is 13.4. The zero-order valence-corrected chi connectivity index (χ0v) is 14.6. The first kappa shape index (κ1) is 18.4. The SMILES string of the molecule is CCc1c(C(=N)N)cc([NH])c(NC(=O)c2ccc(F)c(C)c2)c1CC. The lowest BCUT2D eigenvalue weighted by Crippen LogP contribution is -2.19. The summed E-state index contributed by atoms with van der Waals surface area (Å²) in [6, 6.07) is 5.65. The summed E-state index contributed by atoms with van der Waals surface area (Å²) in [5.74, 6) is -0.859. The molecule has 1 amide bonds. The van der Waals surface area contributed by atoms with Crippen LogP contribution in [-0.4, -0.2) is 11.7 Å². The third-order valence-electron chi connectivity index (χ3n) is 4.21. The molecule has 0 aliphatic rings. The molecule has 0 bridgehead atoms. The Morgan fingerprint density at radius 1 is 1.20 bits per heavy atom. The number of amides is 1. The highest BCUT2D eigenvalue weighted by Crippen LogP contribution is 2.32. The van der Waals surface area contributed by atoms with Gasteiger partial charge in [-0.15, -0.1) is 0 Å². The van der Waals surface area contributed by atoms with Crippen LogP contribution in [0, 0.1) is 18.2 Å². The van der Waals surface area contributed by atoms with Gasteiger partial charge in [0, 0.05) is 11.1 Å². The van der Waals surface area contributed by atoms with Crippen LogP contribution in [0.4, 0.5) is 15.8 Å². The lowest BCUT2D eigenvalue weighted by molar-refractivity contribution is 0.102. The summed E-state index contributed by atoms with van der Waals surface area (Å²) in [6.07, 6.45) is 1.23. The maximum atomic E-state index is 13.4. The standard InChI is InChI=1S/C19H22FN4O/c1-4-12-13(5-2)17(16(21)9-14(12)18(22)23)24-19(25)11-6-7-15(20)10(3)8-11/h6-9,21H,4-5H2,1-3H3,(H3,22,23)(H,24,25). The van der Waals surface area contributed by atoms with E-state index >= 15 is 0 Å². The molecule has 0 atom stereocenters. The van der Waals surface area contributed by atoms with Gasteiger partial charge < -0.3 is 11.1 Å². The predicted octanol–water partition coefficient (Wildman–Crippen LogP) is 3.71. The van der Waals surface area contributed by atoms with Crippen molar-refractivity contribution in [3.05, 3.63) is 57.9 Å². The minimum absolute atomic E-state index is 0.0907. The number of hydrogen-bond acceptors (Lipinski definition) is 2. The fourth-order valence-corrected chi connectivity index (χ4v) is 2.93. The van der Waals surface area contributed by atoms with E-state index < -0.39 is 5.91 Å². The molecule has 2 aromatic carbocycles. The van der Waals surface area contributed by atoms with Gasteiger partial charge in [0.05, 0.1) is 11.4 Å². The van der Waals surface area contributed by atoms with Gasteiger partial charge in [0.1, 0.15) is 11.7 Å². The first-order valence-corrected chi connectivity index (χ1v) is 8.12. The van der Waals surface area contributed by atoms with E-state index in [1.54, 1.807) is 6.92 Å². The van der Waals surface area contributed by atoms with Gasteiger partial charge in [-0.2, -0.15) is 0 Å². The van der Waals surface area contributed by atoms with Crippen LogP contribution >= 0.6 is 0 Å². The highest BCUT2D eigenvalue weighted by atomic mass is 19.1. The Morgan fingerprint density at radius 3 is 2.36 bits per heavy atom. The van der Waals surface area contributed by atoms with Gasteiger partial charge in [-0.05, 0) is 60.7 Å². The summed E-state index contributed by atoms with van der Waals surface area (Å²) in [7, 11) is 0. The topological polar surface area (TPSA) is 103 Å². The summed E-state index contributed by atoms with van der Waals surface area (Å²) in [5, 5.41) is 10.5. The van der Waals surface area contributed by atoms with E-state index in [9.17, 15) is 9.18 Å². The number of nitrogen functional groups attached to an aromatic ring is 1. The van der Waals surface area contributed by atoms with Crippen LogP contribution in [0.3, 0.4) is 0 Å². The molecule has 0 spiro atoms. The van der Waals surface area contributed by atoms with Gasteiger partial charge in [0.25, 0.3) is 5.91 Å². The lowest BCUT2D eigenvalue weighted by Gasteiger charge is -2.19. The van der Waals surface area contributed by atoms with Gasteiger partial charge in [0.2, 0.25) is 0 Å². The predicted molar refractivity (Wildman–Crippen MR) is 98.1 cm³/mol. The third-order valence-corrected chi connectivity index (χ3v) is 4.21. The zero-order valence-electron chi connectivity index (χ0n) is 14.6. The highest BCUT2D eigenvalue weighted by Gasteiger charge is 2.19. The van der Waals surface area contributed by atoms with E-state index in [0.29, 0.717) is 35.2 Å². The summed E-state index contributed by atoms with van der Waals surface area (Å²) >= 11 is 0. The van der Waals surface area contributed by atoms with Gasteiger partial charge in [-0.1, -0.05) is 13.8 Å². The molecule has 0 aromatic heterocycles. The van der Waals surface area contributed by atoms with Gasteiger partial charge in [-0.3, -0.25) is 15.9 Å². The Morgan fingerprint density at radius 2 is 1.84 bits per heavy atom. The quantitative estimate of drug-likeness (QED) is 0.570. The number of carbonyl (C=O) groups excluding carboxylic acids is 1. The third kappa shape index (κ3) is 3.63. The molecule has 2 aromatic rings. The molecule has 1 radical (unpaired) electrons. The number of halogens is 1. The summed E-state index contributed by atoms with van der Waals surface area (Å²) in [4.78, 5) is 12.5. The number of amidine groups is 1. The fourth-order valence-electron chi connectivity index (χ4n) is 2.93. The minimum Gasteiger partial charge on any atom is -0.384 e. The van der Waals surface area contributed by atoms with Crippen LogP contribution in [0.15, 0.2) is 24.3 Å². The second-order valence-corrected chi connectivity index (χ2v) is 5.84. The molecule has 0 saturated heterocycles. The van der Waals surface area contributed by atoms with Crippen LogP contribution in [-0.2, 0) is 12.8 Å². The highest BCUT2D eigenvalue weighted by molar-refractivity contribution is 6.07. The molecule has 5 nitrogen and oxygen atoms in total. The number of anilines is 1. The Kier molecular flexibility index (Phi) is 5.41. The number of rotatable bonds is 5. The second kappa shape index (κ2) is 7.34. The largest absolute Gasteiger partial charge is 0.384 e. The molecule has 0 fully saturated rings. The number of aryl methyl sites for hydroxylation is 1. The van der Waals surface area contributed by atoms with E-state index in [1.807, 2.05) is 13.8 Å². The van der Waals surface area contributed by atoms with Gasteiger partial charge in [0.15, 0.2) is 0 Å². The van der Waals surface area contributed by atoms with Crippen molar-refractivity contribution in [2.24, 2.45) is 5.73 Å². The van der Waals surface area contributed by atoms with Crippen molar-refractivity contribution < 1.29 is 9.18 Å². The van der Waals surface area contributed by atoms with E-state index in [2.05, 4.69) is 5.32 Å². The van der Waals surface area contributed by atoms with Crippen LogP contribution in [0.25, 0.3) is 0 Å². The number of nitrogens with one attached hydrogen (secondary N) is 3. The van der Waals surface area contributed by atoms with Crippen molar-refractivity contribution in [3.63, 3.8) is 0 Å². The number of benzene rings is 2. The summed E-state index contributed by atoms with van der Waals surface area (Å²) in [5.41, 5.74) is 17.3. The summed E-state index contributed by atoms with van der Waals surface area (Å²) in [6.45, 7) is 5.46. The molecule has 2 rings (SSSR count). The molecule has 131 valence electrons. The maximum Gasteiger partial charge on any atom is 0.255 e. The number of carbonyl (C=O) groups is 1. The summed E-state index contributed by atoms with van der Waals surface area (Å²) < 4.78 is 13.4. The van der Waals surface area contributed by atoms with Gasteiger partial charge in [-0.25, -0.2) is 4.39 Å². The van der Waals surface area contributed by atoms with E-state index in [1.165, 1.54) is 24.3 Å². The Labute approximate surface area is 146 Å². The smallest absolute Gasteiger partial charge is 0.255 e. The van der Waals surface area contributed by atoms with Crippen LogP contribution in [0.2, 0.25) is 0 Å². The fraction of sp³-hybridized carbons (Fsp3) is 0.263. The number of nitrogens with two attached hydrogens (primary N) is 1. The van der Waals surface area contributed by atoms with Crippen molar-refractivity contribution in [1.82, 2.24) is 5.73 Å². The molecular weight excluding hydrogens is 319 g/mol. The minimum atomic E-state index is -0.399. The van der Waals surface area contributed by atoms with Crippen molar-refractivity contribution in [1.29, 1.82) is 5.41 Å². The van der Waals surface area contributed by atoms with Crippen molar-refractivity contribution in [2.75, 3.05) is 5.32 Å². The van der Waals surface area contributed by atoms with Crippen LogP contribution < -0.4 is 16.8 Å². The number of hydrogen-bond donors (Lipinski definition) is 3. The molecule has 0 unspecified atom stereocenters. The normalized spacial score (nSPS) is 10.6. The van der Waals surface area contributed by atoms with Gasteiger partial charge >= 0.3 is 0 Å². The van der Waals surface area contributed by atoms with Crippen molar-refractivity contribution in [3.8, 4) is 0 Å². The monoisotopic (exact) mass is 341 g/mol. The first-order chi connectivity index (χ1) is 11.8. The van der Waals surface area contributed by atoms with Crippen molar-refractivity contribution in [2.45, 2.75) is 33.6 Å². The van der Waals surface area contributed by atoms with E-state index in [4.69, 9.17) is 16.9 Å². The molecule has 6 heteroatoms. The molecule has 0 aliphatic heterocycles. The molecule has 5 N–H and O–H groups in total. The molecule has 0 heterocycles. The molecular formula is C19H22FN4O. The average Bonchev–Trinajstić information content (AvgIpc) is 2.57. The van der Waals surface area contributed by atoms with Crippen molar-refractivity contribution >= 4 is 23.1 Å². The Bertz CT molecular complexity index is 846. The first-order valence-electron chi connectivity index (χ1n) is 8.12. The van der Waals surface area contributed by atoms with Crippen LogP contribution in [0.5, 0.6) is 0 Å². The Hall–Kier alpha value is -2.89. The van der Waals surface area contributed by atoms with E-state index in [-0.39, 0.29) is 17.3 Å². The van der Waals surface area contributed by atoms with Crippen LogP contribution in [0.1, 0.15) is 46.5 Å². The lowest BCUT2D eigenvalue weighted by atomic mass is 9.93. The molecule has 25 heavy (non-hydrogen) atoms. The average molecular weight is 341 g/mol. The Balaban J connectivity index is 2.49. The molecule has 0 saturated carbocycles. The second-order valence-electron chi connectivity index (χ2n) is 5.84.